The van der Waals surface area contributed by atoms with Crippen LogP contribution in [0, 0.1) is 11.6 Å². The van der Waals surface area contributed by atoms with Crippen LogP contribution >= 0.6 is 11.6 Å². The quantitative estimate of drug-likeness (QED) is 0.738. The topological polar surface area (TPSA) is 26.0 Å². The number of benzene rings is 1. The molecule has 0 aliphatic heterocycles. The minimum Gasteiger partial charge on any atom is -0.356 e. The minimum absolute atomic E-state index is 0.206. The third kappa shape index (κ3) is 1.85. The second-order valence-corrected chi connectivity index (χ2v) is 3.21. The summed E-state index contributed by atoms with van der Waals surface area (Å²) in [6, 6.07) is 3.49. The van der Waals surface area contributed by atoms with Crippen molar-refractivity contribution in [3.63, 3.8) is 0 Å². The molecule has 2 rings (SSSR count). The first-order valence-electron chi connectivity index (χ1n) is 4.17. The van der Waals surface area contributed by atoms with Gasteiger partial charge in [0.15, 0.2) is 17.4 Å². The van der Waals surface area contributed by atoms with Crippen LogP contribution in [0.25, 0.3) is 11.3 Å². The smallest absolute Gasteiger partial charge is 0.171 e. The Morgan fingerprint density at radius 1 is 1.27 bits per heavy atom. The maximum absolute atomic E-state index is 12.9. The molecular formula is C10H6ClF2NO. The van der Waals surface area contributed by atoms with Crippen LogP contribution in [0.15, 0.2) is 28.9 Å². The summed E-state index contributed by atoms with van der Waals surface area (Å²) in [4.78, 5) is 0. The van der Waals surface area contributed by atoms with Gasteiger partial charge in [-0.05, 0) is 18.2 Å². The zero-order chi connectivity index (χ0) is 10.8. The first-order valence-corrected chi connectivity index (χ1v) is 4.70. The van der Waals surface area contributed by atoms with E-state index in [1.807, 2.05) is 0 Å². The summed E-state index contributed by atoms with van der Waals surface area (Å²) < 4.78 is 30.5. The fraction of sp³-hybridized carbons (Fsp3) is 0.100. The van der Waals surface area contributed by atoms with Crippen LogP contribution in [-0.4, -0.2) is 5.16 Å². The summed E-state index contributed by atoms with van der Waals surface area (Å²) in [7, 11) is 0. The number of nitrogens with zero attached hydrogens (tertiary/aromatic N) is 1. The van der Waals surface area contributed by atoms with E-state index in [1.165, 1.54) is 12.3 Å². The van der Waals surface area contributed by atoms with Crippen LogP contribution in [0.2, 0.25) is 0 Å². The molecule has 78 valence electrons. The molecule has 0 saturated heterocycles. The largest absolute Gasteiger partial charge is 0.356 e. The number of aromatic nitrogens is 1. The van der Waals surface area contributed by atoms with Gasteiger partial charge in [0.1, 0.15) is 0 Å². The van der Waals surface area contributed by atoms with Gasteiger partial charge in [-0.2, -0.15) is 0 Å². The summed E-state index contributed by atoms with van der Waals surface area (Å²) in [5, 5.41) is 3.55. The Kier molecular flexibility index (Phi) is 2.68. The molecule has 2 nitrogen and oxygen atoms in total. The lowest BCUT2D eigenvalue weighted by Crippen LogP contribution is -1.86. The van der Waals surface area contributed by atoms with Gasteiger partial charge in [0.25, 0.3) is 0 Å². The van der Waals surface area contributed by atoms with Gasteiger partial charge in [0, 0.05) is 11.1 Å². The number of hydrogen-bond acceptors (Lipinski definition) is 2. The molecule has 0 bridgehead atoms. The summed E-state index contributed by atoms with van der Waals surface area (Å²) >= 11 is 5.63. The maximum Gasteiger partial charge on any atom is 0.171 e. The molecule has 1 aromatic heterocycles. The molecule has 0 spiro atoms. The van der Waals surface area contributed by atoms with Crippen molar-refractivity contribution in [2.75, 3.05) is 0 Å². The van der Waals surface area contributed by atoms with Crippen LogP contribution in [0.1, 0.15) is 5.56 Å². The molecule has 2 aromatic rings. The van der Waals surface area contributed by atoms with Crippen molar-refractivity contribution in [2.24, 2.45) is 0 Å². The molecule has 1 aromatic carbocycles. The van der Waals surface area contributed by atoms with E-state index in [1.54, 1.807) is 0 Å². The average Bonchev–Trinajstić information content (AvgIpc) is 2.70. The van der Waals surface area contributed by atoms with Crippen LogP contribution in [0.4, 0.5) is 8.78 Å². The zero-order valence-corrected chi connectivity index (χ0v) is 8.26. The molecule has 0 amide bonds. The first-order chi connectivity index (χ1) is 7.22. The standard InChI is InChI=1S/C10H6ClF2NO/c11-4-7-5-14-15-10(7)6-1-2-8(12)9(13)3-6/h1-3,5H,4H2. The van der Waals surface area contributed by atoms with Gasteiger partial charge in [-0.1, -0.05) is 5.16 Å². The summed E-state index contributed by atoms with van der Waals surface area (Å²) in [5.74, 6) is -1.25. The third-order valence-electron chi connectivity index (χ3n) is 1.97. The molecule has 15 heavy (non-hydrogen) atoms. The normalized spacial score (nSPS) is 10.6. The van der Waals surface area contributed by atoms with Crippen LogP contribution in [0.5, 0.6) is 0 Å². The highest BCUT2D eigenvalue weighted by molar-refractivity contribution is 6.17. The van der Waals surface area contributed by atoms with Crippen LogP contribution < -0.4 is 0 Å². The Morgan fingerprint density at radius 2 is 2.07 bits per heavy atom. The van der Waals surface area contributed by atoms with Gasteiger partial charge in [0.2, 0.25) is 0 Å². The average molecular weight is 230 g/mol. The molecule has 0 saturated carbocycles. The van der Waals surface area contributed by atoms with Crippen molar-refractivity contribution < 1.29 is 13.3 Å². The predicted molar refractivity (Wildman–Crippen MR) is 51.4 cm³/mol. The summed E-state index contributed by atoms with van der Waals surface area (Å²) in [6.45, 7) is 0. The second-order valence-electron chi connectivity index (χ2n) is 2.94. The van der Waals surface area contributed by atoms with E-state index in [0.29, 0.717) is 16.9 Å². The Labute approximate surface area is 89.5 Å². The monoisotopic (exact) mass is 229 g/mol. The van der Waals surface area contributed by atoms with E-state index >= 15 is 0 Å². The highest BCUT2D eigenvalue weighted by atomic mass is 35.5. The molecule has 0 radical (unpaired) electrons. The lowest BCUT2D eigenvalue weighted by Gasteiger charge is -1.99. The lowest BCUT2D eigenvalue weighted by atomic mass is 10.1. The van der Waals surface area contributed by atoms with E-state index in [0.717, 1.165) is 12.1 Å². The van der Waals surface area contributed by atoms with Crippen LogP contribution in [0.3, 0.4) is 0 Å². The number of hydrogen-bond donors (Lipinski definition) is 0. The lowest BCUT2D eigenvalue weighted by molar-refractivity contribution is 0.431. The van der Waals surface area contributed by atoms with E-state index in [9.17, 15) is 8.78 Å². The van der Waals surface area contributed by atoms with E-state index in [-0.39, 0.29) is 5.88 Å². The Balaban J connectivity index is 2.50. The van der Waals surface area contributed by atoms with Crippen molar-refractivity contribution in [1.82, 2.24) is 5.16 Å². The Bertz CT molecular complexity index is 484. The van der Waals surface area contributed by atoms with Gasteiger partial charge in [-0.15, -0.1) is 11.6 Å². The summed E-state index contributed by atoms with van der Waals surface area (Å²) in [5.41, 5.74) is 1.06. The molecule has 5 heteroatoms. The van der Waals surface area contributed by atoms with Crippen molar-refractivity contribution >= 4 is 11.6 Å². The first kappa shape index (κ1) is 10.1. The van der Waals surface area contributed by atoms with Gasteiger partial charge in [0.05, 0.1) is 12.1 Å². The Morgan fingerprint density at radius 3 is 2.73 bits per heavy atom. The van der Waals surface area contributed by atoms with Crippen molar-refractivity contribution in [1.29, 1.82) is 0 Å². The maximum atomic E-state index is 12.9. The molecule has 0 aliphatic carbocycles. The molecule has 0 fully saturated rings. The molecule has 0 aliphatic rings. The number of halogens is 3. The minimum atomic E-state index is -0.926. The van der Waals surface area contributed by atoms with E-state index < -0.39 is 11.6 Å². The van der Waals surface area contributed by atoms with Gasteiger partial charge >= 0.3 is 0 Å². The molecule has 0 N–H and O–H groups in total. The highest BCUT2D eigenvalue weighted by Gasteiger charge is 2.12. The van der Waals surface area contributed by atoms with Gasteiger partial charge in [-0.3, -0.25) is 0 Å². The second kappa shape index (κ2) is 3.98. The zero-order valence-electron chi connectivity index (χ0n) is 7.51. The highest BCUT2D eigenvalue weighted by Crippen LogP contribution is 2.25. The molecule has 0 atom stereocenters. The Hall–Kier alpha value is -1.42. The fourth-order valence-corrected chi connectivity index (χ4v) is 1.42. The molecule has 0 unspecified atom stereocenters. The SMILES string of the molecule is Fc1ccc(-c2oncc2CCl)cc1F. The molecule has 1 heterocycles. The van der Waals surface area contributed by atoms with E-state index in [2.05, 4.69) is 5.16 Å². The van der Waals surface area contributed by atoms with Gasteiger partial charge in [-0.25, -0.2) is 8.78 Å². The van der Waals surface area contributed by atoms with Crippen molar-refractivity contribution in [2.45, 2.75) is 5.88 Å². The van der Waals surface area contributed by atoms with Crippen LogP contribution in [-0.2, 0) is 5.88 Å². The predicted octanol–water partition coefficient (Wildman–Crippen LogP) is 3.36. The summed E-state index contributed by atoms with van der Waals surface area (Å²) in [6.07, 6.45) is 1.45. The third-order valence-corrected chi connectivity index (χ3v) is 2.26. The van der Waals surface area contributed by atoms with E-state index in [4.69, 9.17) is 16.1 Å². The van der Waals surface area contributed by atoms with Gasteiger partial charge < -0.3 is 4.52 Å². The number of rotatable bonds is 2. The molecular weight excluding hydrogens is 224 g/mol. The van der Waals surface area contributed by atoms with Crippen molar-refractivity contribution in [3.8, 4) is 11.3 Å². The fourth-order valence-electron chi connectivity index (χ4n) is 1.23. The number of alkyl halides is 1. The van der Waals surface area contributed by atoms with Crippen molar-refractivity contribution in [3.05, 3.63) is 41.6 Å².